The molecule has 1 aromatic carbocycles. The van der Waals surface area contributed by atoms with Gasteiger partial charge in [-0.25, -0.2) is 0 Å². The van der Waals surface area contributed by atoms with Crippen LogP contribution in [0.15, 0.2) is 30.3 Å². The van der Waals surface area contributed by atoms with Crippen LogP contribution in [-0.4, -0.2) is 24.3 Å². The zero-order valence-corrected chi connectivity index (χ0v) is 13.9. The van der Waals surface area contributed by atoms with Crippen molar-refractivity contribution in [1.29, 1.82) is 0 Å². The molecule has 0 saturated heterocycles. The van der Waals surface area contributed by atoms with Gasteiger partial charge in [0.2, 0.25) is 0 Å². The molecule has 0 spiro atoms. The molecule has 0 amide bonds. The molecule has 2 rings (SSSR count). The Bertz CT molecular complexity index is 415. The molecular weight excluding hydrogens is 258 g/mol. The smallest absolute Gasteiger partial charge is 0.0636 e. The lowest BCUT2D eigenvalue weighted by molar-refractivity contribution is -0.0293. The van der Waals surface area contributed by atoms with Crippen molar-refractivity contribution >= 4 is 5.69 Å². The number of unbranched alkanes of at least 4 members (excludes halogenated alkanes) is 1. The predicted octanol–water partition coefficient (Wildman–Crippen LogP) is 4.48. The molecule has 1 aromatic rings. The Morgan fingerprint density at radius 1 is 1.24 bits per heavy atom. The van der Waals surface area contributed by atoms with E-state index in [1.165, 1.54) is 24.9 Å². The van der Waals surface area contributed by atoms with Gasteiger partial charge >= 0.3 is 0 Å². The van der Waals surface area contributed by atoms with E-state index >= 15 is 0 Å². The van der Waals surface area contributed by atoms with Crippen molar-refractivity contribution in [3.05, 3.63) is 30.3 Å². The van der Waals surface area contributed by atoms with E-state index in [4.69, 9.17) is 0 Å². The third-order valence-corrected chi connectivity index (χ3v) is 5.00. The van der Waals surface area contributed by atoms with Crippen molar-refractivity contribution in [2.75, 3.05) is 18.0 Å². The normalized spacial score (nSPS) is 24.8. The Morgan fingerprint density at radius 3 is 2.62 bits per heavy atom. The van der Waals surface area contributed by atoms with Crippen LogP contribution < -0.4 is 4.90 Å². The van der Waals surface area contributed by atoms with Crippen molar-refractivity contribution in [3.8, 4) is 0 Å². The average Bonchev–Trinajstić information content (AvgIpc) is 2.48. The molecule has 0 heterocycles. The lowest BCUT2D eigenvalue weighted by Gasteiger charge is -2.43. The maximum absolute atomic E-state index is 10.7. The van der Waals surface area contributed by atoms with E-state index in [1.807, 2.05) is 0 Å². The summed E-state index contributed by atoms with van der Waals surface area (Å²) >= 11 is 0. The summed E-state index contributed by atoms with van der Waals surface area (Å²) in [5.74, 6) is 0.394. The standard InChI is InChI=1S/C19H31NO/c1-4-5-14-20(17-11-7-6-8-12-17)15-16-10-9-13-19(2,3)18(16)21/h6-8,11-12,16,18,21H,4-5,9-10,13-15H2,1-3H3. The quantitative estimate of drug-likeness (QED) is 0.834. The average molecular weight is 289 g/mol. The van der Waals surface area contributed by atoms with E-state index < -0.39 is 0 Å². The molecule has 1 N–H and O–H groups in total. The highest BCUT2D eigenvalue weighted by Gasteiger charge is 2.38. The van der Waals surface area contributed by atoms with Crippen LogP contribution in [0.5, 0.6) is 0 Å². The summed E-state index contributed by atoms with van der Waals surface area (Å²) < 4.78 is 0. The molecule has 1 fully saturated rings. The number of para-hydroxylation sites is 1. The van der Waals surface area contributed by atoms with E-state index in [0.29, 0.717) is 5.92 Å². The maximum Gasteiger partial charge on any atom is 0.0636 e. The number of benzene rings is 1. The van der Waals surface area contributed by atoms with Crippen LogP contribution in [0.3, 0.4) is 0 Å². The van der Waals surface area contributed by atoms with Crippen molar-refractivity contribution in [2.45, 2.75) is 59.0 Å². The summed E-state index contributed by atoms with van der Waals surface area (Å²) in [7, 11) is 0. The first-order valence-electron chi connectivity index (χ1n) is 8.52. The number of aliphatic hydroxyl groups is 1. The van der Waals surface area contributed by atoms with E-state index in [2.05, 4.69) is 56.0 Å². The Labute approximate surface area is 130 Å². The van der Waals surface area contributed by atoms with Crippen molar-refractivity contribution in [1.82, 2.24) is 0 Å². The zero-order valence-electron chi connectivity index (χ0n) is 13.9. The summed E-state index contributed by atoms with van der Waals surface area (Å²) in [6, 6.07) is 10.7. The highest BCUT2D eigenvalue weighted by molar-refractivity contribution is 5.46. The molecule has 0 bridgehead atoms. The summed E-state index contributed by atoms with van der Waals surface area (Å²) in [5.41, 5.74) is 1.36. The molecule has 2 heteroatoms. The number of hydrogen-bond acceptors (Lipinski definition) is 2. The first kappa shape index (κ1) is 16.4. The molecule has 21 heavy (non-hydrogen) atoms. The lowest BCUT2D eigenvalue weighted by Crippen LogP contribution is -2.45. The summed E-state index contributed by atoms with van der Waals surface area (Å²) in [6.07, 6.45) is 5.78. The van der Waals surface area contributed by atoms with Crippen LogP contribution in [0, 0.1) is 11.3 Å². The van der Waals surface area contributed by atoms with Crippen molar-refractivity contribution < 1.29 is 5.11 Å². The molecule has 118 valence electrons. The van der Waals surface area contributed by atoms with E-state index in [0.717, 1.165) is 25.9 Å². The van der Waals surface area contributed by atoms with Crippen LogP contribution in [0.1, 0.15) is 52.9 Å². The van der Waals surface area contributed by atoms with Gasteiger partial charge in [0.15, 0.2) is 0 Å². The van der Waals surface area contributed by atoms with Crippen LogP contribution in [-0.2, 0) is 0 Å². The third kappa shape index (κ3) is 4.23. The molecular formula is C19H31NO. The van der Waals surface area contributed by atoms with Gasteiger partial charge in [0, 0.05) is 24.7 Å². The van der Waals surface area contributed by atoms with Gasteiger partial charge < -0.3 is 10.0 Å². The van der Waals surface area contributed by atoms with Gasteiger partial charge in [0.05, 0.1) is 6.10 Å². The van der Waals surface area contributed by atoms with E-state index in [1.54, 1.807) is 0 Å². The SMILES string of the molecule is CCCCN(CC1CCCC(C)(C)C1O)c1ccccc1. The fraction of sp³-hybridized carbons (Fsp3) is 0.684. The number of aliphatic hydroxyl groups excluding tert-OH is 1. The van der Waals surface area contributed by atoms with E-state index in [9.17, 15) is 5.11 Å². The second kappa shape index (κ2) is 7.31. The van der Waals surface area contributed by atoms with Gasteiger partial charge in [-0.05, 0) is 36.8 Å². The Morgan fingerprint density at radius 2 is 1.95 bits per heavy atom. The van der Waals surface area contributed by atoms with Crippen LogP contribution in [0.2, 0.25) is 0 Å². The van der Waals surface area contributed by atoms with Gasteiger partial charge in [-0.15, -0.1) is 0 Å². The Hall–Kier alpha value is -1.02. The van der Waals surface area contributed by atoms with Crippen molar-refractivity contribution in [3.63, 3.8) is 0 Å². The minimum atomic E-state index is -0.181. The number of rotatable bonds is 6. The van der Waals surface area contributed by atoms with Gasteiger partial charge in [0.25, 0.3) is 0 Å². The summed E-state index contributed by atoms with van der Waals surface area (Å²) in [4.78, 5) is 2.47. The minimum Gasteiger partial charge on any atom is -0.392 e. The highest BCUT2D eigenvalue weighted by atomic mass is 16.3. The van der Waals surface area contributed by atoms with Gasteiger partial charge in [0.1, 0.15) is 0 Å². The third-order valence-electron chi connectivity index (χ3n) is 5.00. The fourth-order valence-corrected chi connectivity index (χ4v) is 3.55. The van der Waals surface area contributed by atoms with Crippen LogP contribution in [0.25, 0.3) is 0 Å². The zero-order chi connectivity index (χ0) is 15.3. The minimum absolute atomic E-state index is 0.0655. The Kier molecular flexibility index (Phi) is 5.69. The second-order valence-electron chi connectivity index (χ2n) is 7.22. The molecule has 1 saturated carbocycles. The number of hydrogen-bond donors (Lipinski definition) is 1. The van der Waals surface area contributed by atoms with Crippen molar-refractivity contribution in [2.24, 2.45) is 11.3 Å². The lowest BCUT2D eigenvalue weighted by atomic mass is 9.69. The molecule has 1 aliphatic carbocycles. The van der Waals surface area contributed by atoms with Gasteiger partial charge in [-0.3, -0.25) is 0 Å². The first-order valence-corrected chi connectivity index (χ1v) is 8.52. The largest absolute Gasteiger partial charge is 0.392 e. The summed E-state index contributed by atoms with van der Waals surface area (Å²) in [5, 5.41) is 10.7. The fourth-order valence-electron chi connectivity index (χ4n) is 3.55. The maximum atomic E-state index is 10.7. The van der Waals surface area contributed by atoms with Crippen LogP contribution in [0.4, 0.5) is 5.69 Å². The van der Waals surface area contributed by atoms with Gasteiger partial charge in [-0.1, -0.05) is 51.8 Å². The molecule has 2 nitrogen and oxygen atoms in total. The molecule has 1 aliphatic rings. The first-order chi connectivity index (χ1) is 10.0. The number of anilines is 1. The van der Waals surface area contributed by atoms with E-state index in [-0.39, 0.29) is 11.5 Å². The molecule has 0 aromatic heterocycles. The predicted molar refractivity (Wildman–Crippen MR) is 90.7 cm³/mol. The number of nitrogens with zero attached hydrogens (tertiary/aromatic N) is 1. The molecule has 2 unspecified atom stereocenters. The van der Waals surface area contributed by atoms with Crippen LogP contribution >= 0.6 is 0 Å². The summed E-state index contributed by atoms with van der Waals surface area (Å²) in [6.45, 7) is 8.73. The van der Waals surface area contributed by atoms with Gasteiger partial charge in [-0.2, -0.15) is 0 Å². The highest BCUT2D eigenvalue weighted by Crippen LogP contribution is 2.39. The second-order valence-corrected chi connectivity index (χ2v) is 7.22. The molecule has 2 atom stereocenters. The molecule has 0 radical (unpaired) electrons. The molecule has 0 aliphatic heterocycles. The monoisotopic (exact) mass is 289 g/mol. The Balaban J connectivity index is 2.08. The topological polar surface area (TPSA) is 23.5 Å².